The molecule has 0 saturated carbocycles. The molecule has 90 valence electrons. The summed E-state index contributed by atoms with van der Waals surface area (Å²) < 4.78 is 22.5. The lowest BCUT2D eigenvalue weighted by Gasteiger charge is -2.19. The minimum Gasteiger partial charge on any atom is -0.305 e. The standard InChI is InChI=1S/C9H14N2O3S2/c1-6-4-8(12)11-9(10-6)15-7-2-3-16(13,14)5-7/h6-7H,2-5H2,1H3,(H,10,11,12). The third kappa shape index (κ3) is 2.98. The summed E-state index contributed by atoms with van der Waals surface area (Å²) in [6, 6.07) is -0.00531. The first kappa shape index (κ1) is 11.9. The van der Waals surface area contributed by atoms with E-state index >= 15 is 0 Å². The van der Waals surface area contributed by atoms with E-state index in [9.17, 15) is 13.2 Å². The fourth-order valence-electron chi connectivity index (χ4n) is 1.79. The number of hydrogen-bond acceptors (Lipinski definition) is 5. The molecular weight excluding hydrogens is 248 g/mol. The van der Waals surface area contributed by atoms with Gasteiger partial charge in [-0.05, 0) is 13.3 Å². The van der Waals surface area contributed by atoms with Gasteiger partial charge in [0.1, 0.15) is 0 Å². The number of rotatable bonds is 1. The smallest absolute Gasteiger partial charge is 0.228 e. The summed E-state index contributed by atoms with van der Waals surface area (Å²) in [6.45, 7) is 1.88. The molecule has 16 heavy (non-hydrogen) atoms. The second-order valence-electron chi connectivity index (χ2n) is 4.18. The first-order valence-corrected chi connectivity index (χ1v) is 7.89. The number of hydrogen-bond donors (Lipinski definition) is 1. The SMILES string of the molecule is CC1CC(=O)NC(SC2CCS(=O)(=O)C2)=N1. The van der Waals surface area contributed by atoms with Crippen LogP contribution in [0.4, 0.5) is 0 Å². The molecule has 1 saturated heterocycles. The van der Waals surface area contributed by atoms with Gasteiger partial charge in [-0.25, -0.2) is 8.42 Å². The van der Waals surface area contributed by atoms with Crippen molar-refractivity contribution in [2.45, 2.75) is 31.1 Å². The fraction of sp³-hybridized carbons (Fsp3) is 0.778. The van der Waals surface area contributed by atoms with E-state index in [0.29, 0.717) is 18.0 Å². The van der Waals surface area contributed by atoms with E-state index in [-0.39, 0.29) is 28.7 Å². The Hall–Kier alpha value is -0.560. The van der Waals surface area contributed by atoms with Gasteiger partial charge in [-0.2, -0.15) is 0 Å². The zero-order chi connectivity index (χ0) is 11.8. The molecule has 0 aromatic carbocycles. The normalized spacial score (nSPS) is 33.3. The van der Waals surface area contributed by atoms with Crippen molar-refractivity contribution < 1.29 is 13.2 Å². The summed E-state index contributed by atoms with van der Waals surface area (Å²) >= 11 is 1.38. The summed E-state index contributed by atoms with van der Waals surface area (Å²) in [5, 5.41) is 3.29. The Kier molecular flexibility index (Phi) is 3.25. The van der Waals surface area contributed by atoms with Crippen LogP contribution in [0.5, 0.6) is 0 Å². The number of amidine groups is 1. The Morgan fingerprint density at radius 1 is 1.50 bits per heavy atom. The molecule has 2 rings (SSSR count). The number of sulfone groups is 1. The molecule has 0 aromatic rings. The lowest BCUT2D eigenvalue weighted by atomic mass is 10.2. The van der Waals surface area contributed by atoms with Gasteiger partial charge in [0.05, 0.1) is 17.5 Å². The summed E-state index contributed by atoms with van der Waals surface area (Å²) in [4.78, 5) is 15.6. The van der Waals surface area contributed by atoms with Crippen molar-refractivity contribution in [2.75, 3.05) is 11.5 Å². The molecule has 0 radical (unpaired) electrons. The molecule has 1 N–H and O–H groups in total. The van der Waals surface area contributed by atoms with Crippen molar-refractivity contribution in [3.63, 3.8) is 0 Å². The Morgan fingerprint density at radius 2 is 2.25 bits per heavy atom. The summed E-state index contributed by atoms with van der Waals surface area (Å²) in [5.41, 5.74) is 0. The van der Waals surface area contributed by atoms with Gasteiger partial charge in [0, 0.05) is 11.7 Å². The minimum absolute atomic E-state index is 0.00531. The predicted octanol–water partition coefficient (Wildman–Crippen LogP) is 0.171. The molecule has 1 amide bonds. The van der Waals surface area contributed by atoms with Crippen LogP contribution < -0.4 is 5.32 Å². The van der Waals surface area contributed by atoms with Crippen LogP contribution in [0.3, 0.4) is 0 Å². The van der Waals surface area contributed by atoms with E-state index in [1.54, 1.807) is 0 Å². The zero-order valence-electron chi connectivity index (χ0n) is 8.97. The lowest BCUT2D eigenvalue weighted by molar-refractivity contribution is -0.120. The summed E-state index contributed by atoms with van der Waals surface area (Å²) in [5.74, 6) is 0.411. The van der Waals surface area contributed by atoms with E-state index in [0.717, 1.165) is 0 Å². The molecule has 2 aliphatic rings. The van der Waals surface area contributed by atoms with Crippen LogP contribution in [0.2, 0.25) is 0 Å². The van der Waals surface area contributed by atoms with Crippen LogP contribution in [-0.4, -0.2) is 42.3 Å². The van der Waals surface area contributed by atoms with Crippen molar-refractivity contribution in [3.8, 4) is 0 Å². The molecule has 2 heterocycles. The Bertz CT molecular complexity index is 430. The molecule has 2 unspecified atom stereocenters. The van der Waals surface area contributed by atoms with Crippen LogP contribution in [0, 0.1) is 0 Å². The molecule has 0 spiro atoms. The number of nitrogens with zero attached hydrogens (tertiary/aromatic N) is 1. The third-order valence-corrected chi connectivity index (χ3v) is 5.68. The molecule has 0 aromatic heterocycles. The lowest BCUT2D eigenvalue weighted by Crippen LogP contribution is -2.36. The third-order valence-electron chi connectivity index (χ3n) is 2.53. The zero-order valence-corrected chi connectivity index (χ0v) is 10.6. The highest BCUT2D eigenvalue weighted by molar-refractivity contribution is 8.15. The number of nitrogens with one attached hydrogen (secondary N) is 1. The van der Waals surface area contributed by atoms with Crippen LogP contribution in [0.25, 0.3) is 0 Å². The van der Waals surface area contributed by atoms with E-state index in [2.05, 4.69) is 10.3 Å². The van der Waals surface area contributed by atoms with Gasteiger partial charge >= 0.3 is 0 Å². The quantitative estimate of drug-likeness (QED) is 0.731. The van der Waals surface area contributed by atoms with E-state index in [1.807, 2.05) is 6.92 Å². The Morgan fingerprint density at radius 3 is 2.81 bits per heavy atom. The summed E-state index contributed by atoms with van der Waals surface area (Å²) in [7, 11) is -2.86. The predicted molar refractivity (Wildman–Crippen MR) is 64.3 cm³/mol. The van der Waals surface area contributed by atoms with Crippen LogP contribution in [0.15, 0.2) is 4.99 Å². The second-order valence-corrected chi connectivity index (χ2v) is 7.70. The van der Waals surface area contributed by atoms with Gasteiger partial charge in [-0.3, -0.25) is 9.79 Å². The van der Waals surface area contributed by atoms with Gasteiger partial charge in [0.25, 0.3) is 0 Å². The molecule has 0 bridgehead atoms. The molecule has 0 aliphatic carbocycles. The highest BCUT2D eigenvalue weighted by atomic mass is 32.2. The highest BCUT2D eigenvalue weighted by Gasteiger charge is 2.30. The summed E-state index contributed by atoms with van der Waals surface area (Å²) in [6.07, 6.45) is 1.06. The molecule has 1 fully saturated rings. The van der Waals surface area contributed by atoms with Crippen LogP contribution >= 0.6 is 11.8 Å². The van der Waals surface area contributed by atoms with Gasteiger partial charge in [0.2, 0.25) is 5.91 Å². The van der Waals surface area contributed by atoms with Crippen molar-refractivity contribution in [2.24, 2.45) is 4.99 Å². The first-order valence-electron chi connectivity index (χ1n) is 5.19. The van der Waals surface area contributed by atoms with Crippen molar-refractivity contribution in [1.29, 1.82) is 0 Å². The monoisotopic (exact) mass is 262 g/mol. The highest BCUT2D eigenvalue weighted by Crippen LogP contribution is 2.26. The van der Waals surface area contributed by atoms with Gasteiger partial charge in [0.15, 0.2) is 15.0 Å². The number of carbonyl (C=O) groups is 1. The number of aliphatic imine (C=N–C) groups is 1. The van der Waals surface area contributed by atoms with Crippen molar-refractivity contribution in [3.05, 3.63) is 0 Å². The molecule has 5 nitrogen and oxygen atoms in total. The second kappa shape index (κ2) is 4.37. The molecule has 2 aliphatic heterocycles. The van der Waals surface area contributed by atoms with Gasteiger partial charge in [-0.1, -0.05) is 11.8 Å². The van der Waals surface area contributed by atoms with Crippen LogP contribution in [0.1, 0.15) is 19.8 Å². The number of thioether (sulfide) groups is 1. The van der Waals surface area contributed by atoms with E-state index in [1.165, 1.54) is 11.8 Å². The number of amides is 1. The van der Waals surface area contributed by atoms with E-state index < -0.39 is 9.84 Å². The Labute approximate surface area is 99.0 Å². The van der Waals surface area contributed by atoms with Crippen molar-refractivity contribution >= 4 is 32.7 Å². The fourth-order valence-corrected chi connectivity index (χ4v) is 5.34. The topological polar surface area (TPSA) is 75.6 Å². The minimum atomic E-state index is -2.86. The average Bonchev–Trinajstić information content (AvgIpc) is 2.43. The van der Waals surface area contributed by atoms with Crippen LogP contribution in [-0.2, 0) is 14.6 Å². The Balaban J connectivity index is 1.98. The van der Waals surface area contributed by atoms with Gasteiger partial charge < -0.3 is 5.32 Å². The largest absolute Gasteiger partial charge is 0.305 e. The maximum atomic E-state index is 11.3. The van der Waals surface area contributed by atoms with Gasteiger partial charge in [-0.15, -0.1) is 0 Å². The van der Waals surface area contributed by atoms with E-state index in [4.69, 9.17) is 0 Å². The molecule has 2 atom stereocenters. The molecular formula is C9H14N2O3S2. The first-order chi connectivity index (χ1) is 7.44. The maximum Gasteiger partial charge on any atom is 0.228 e. The average molecular weight is 262 g/mol. The number of carbonyl (C=O) groups excluding carboxylic acids is 1. The molecule has 7 heteroatoms. The van der Waals surface area contributed by atoms with Crippen molar-refractivity contribution in [1.82, 2.24) is 5.32 Å². The maximum absolute atomic E-state index is 11.3.